The predicted molar refractivity (Wildman–Crippen MR) is 139 cm³/mol. The van der Waals surface area contributed by atoms with E-state index in [1.165, 1.54) is 39.6 Å². The molecule has 3 aromatic heterocycles. The van der Waals surface area contributed by atoms with Gasteiger partial charge in [-0.1, -0.05) is 53.0 Å². The zero-order valence-corrected chi connectivity index (χ0v) is 21.4. The van der Waals surface area contributed by atoms with Gasteiger partial charge in [-0.05, 0) is 42.8 Å². The number of thiophene rings is 1. The van der Waals surface area contributed by atoms with Crippen molar-refractivity contribution in [2.45, 2.75) is 25.1 Å². The van der Waals surface area contributed by atoms with Crippen LogP contribution in [0.4, 0.5) is 0 Å². The van der Waals surface area contributed by atoms with Gasteiger partial charge >= 0.3 is 0 Å². The molecule has 0 fully saturated rings. The molecule has 11 heteroatoms. The Bertz CT molecular complexity index is 1570. The van der Waals surface area contributed by atoms with E-state index in [4.69, 9.17) is 34.8 Å². The minimum Gasteiger partial charge on any atom is -0.381 e. The van der Waals surface area contributed by atoms with E-state index in [0.29, 0.717) is 25.8 Å². The Labute approximate surface area is 219 Å². The van der Waals surface area contributed by atoms with Crippen LogP contribution < -0.4 is 5.56 Å². The van der Waals surface area contributed by atoms with Crippen molar-refractivity contribution in [2.75, 3.05) is 0 Å². The van der Waals surface area contributed by atoms with Crippen molar-refractivity contribution >= 4 is 56.4 Å². The Kier molecular flexibility index (Phi) is 6.41. The van der Waals surface area contributed by atoms with Crippen LogP contribution in [0.15, 0.2) is 72.3 Å². The summed E-state index contributed by atoms with van der Waals surface area (Å²) in [4.78, 5) is 23.0. The lowest BCUT2D eigenvalue weighted by Crippen LogP contribution is -2.43. The topological polar surface area (TPSA) is 85.8 Å². The number of aromatic nitrogens is 5. The number of benzene rings is 2. The molecule has 0 spiro atoms. The highest BCUT2D eigenvalue weighted by atomic mass is 35.5. The number of aliphatic hydroxyl groups is 1. The van der Waals surface area contributed by atoms with Crippen LogP contribution in [0.2, 0.25) is 15.1 Å². The zero-order valence-electron chi connectivity index (χ0n) is 18.3. The summed E-state index contributed by atoms with van der Waals surface area (Å²) in [5.74, 6) is 0. The number of fused-ring (bicyclic) bond motifs is 1. The number of halogens is 3. The van der Waals surface area contributed by atoms with Crippen molar-refractivity contribution in [1.29, 1.82) is 0 Å². The van der Waals surface area contributed by atoms with Crippen LogP contribution in [-0.4, -0.2) is 29.4 Å². The van der Waals surface area contributed by atoms with Crippen molar-refractivity contribution in [3.63, 3.8) is 0 Å². The molecular formula is C24H18Cl3N5O2S. The molecule has 0 aliphatic heterocycles. The molecule has 35 heavy (non-hydrogen) atoms. The lowest BCUT2D eigenvalue weighted by molar-refractivity contribution is -0.0313. The predicted octanol–water partition coefficient (Wildman–Crippen LogP) is 5.83. The maximum atomic E-state index is 13.6. The van der Waals surface area contributed by atoms with Gasteiger partial charge in [0.05, 0.1) is 24.4 Å². The molecule has 5 aromatic rings. The minimum absolute atomic E-state index is 0.000458. The number of hydrogen-bond acceptors (Lipinski definition) is 6. The molecule has 0 saturated carbocycles. The lowest BCUT2D eigenvalue weighted by atomic mass is 9.86. The molecule has 0 amide bonds. The van der Waals surface area contributed by atoms with Gasteiger partial charge in [0.2, 0.25) is 0 Å². The SMILES string of the molecule is CC(n1cnc2cc(-c3ccc(Cl)cc3)sc2c1=O)C(O)(Cn1cncn1)c1ccc(Cl)cc1Cl. The smallest absolute Gasteiger partial charge is 0.271 e. The maximum Gasteiger partial charge on any atom is 0.271 e. The molecule has 2 unspecified atom stereocenters. The molecule has 5 rings (SSSR count). The summed E-state index contributed by atoms with van der Waals surface area (Å²) in [6.07, 6.45) is 4.31. The van der Waals surface area contributed by atoms with Crippen molar-refractivity contribution in [1.82, 2.24) is 24.3 Å². The average molecular weight is 547 g/mol. The molecular weight excluding hydrogens is 529 g/mol. The van der Waals surface area contributed by atoms with E-state index >= 15 is 0 Å². The lowest BCUT2D eigenvalue weighted by Gasteiger charge is -2.36. The van der Waals surface area contributed by atoms with Gasteiger partial charge in [0.25, 0.3) is 5.56 Å². The van der Waals surface area contributed by atoms with Crippen molar-refractivity contribution < 1.29 is 5.11 Å². The first-order valence-corrected chi connectivity index (χ1v) is 12.5. The molecule has 3 heterocycles. The molecule has 0 aliphatic rings. The fourth-order valence-corrected chi connectivity index (χ4v) is 5.78. The first-order valence-electron chi connectivity index (χ1n) is 10.5. The highest BCUT2D eigenvalue weighted by Crippen LogP contribution is 2.39. The molecule has 0 bridgehead atoms. The summed E-state index contributed by atoms with van der Waals surface area (Å²) in [6, 6.07) is 13.3. The molecule has 2 atom stereocenters. The molecule has 7 nitrogen and oxygen atoms in total. The van der Waals surface area contributed by atoms with Gasteiger partial charge in [-0.15, -0.1) is 11.3 Å². The molecule has 178 valence electrons. The normalized spacial score (nSPS) is 14.2. The third-order valence-electron chi connectivity index (χ3n) is 5.97. The third kappa shape index (κ3) is 4.48. The Hall–Kier alpha value is -2.75. The van der Waals surface area contributed by atoms with Gasteiger partial charge in [-0.2, -0.15) is 5.10 Å². The number of nitrogens with zero attached hydrogens (tertiary/aromatic N) is 5. The van der Waals surface area contributed by atoms with Crippen LogP contribution in [0.25, 0.3) is 20.7 Å². The van der Waals surface area contributed by atoms with E-state index in [0.717, 1.165) is 10.4 Å². The Balaban J connectivity index is 1.62. The van der Waals surface area contributed by atoms with Crippen LogP contribution in [-0.2, 0) is 12.1 Å². The Morgan fingerprint density at radius 3 is 2.49 bits per heavy atom. The highest BCUT2D eigenvalue weighted by molar-refractivity contribution is 7.22. The standard InChI is InChI=1S/C24H18Cl3N5O2S/c1-14(24(34,10-31-12-28-11-30-31)18-7-6-17(26)8-19(18)27)32-13-29-20-9-21(35-22(20)23(32)33)15-2-4-16(25)5-3-15/h2-9,11-14,34H,10H2,1H3. The average Bonchev–Trinajstić information content (AvgIpc) is 3.49. The summed E-state index contributed by atoms with van der Waals surface area (Å²) in [6.45, 7) is 1.74. The van der Waals surface area contributed by atoms with Crippen LogP contribution in [0.5, 0.6) is 0 Å². The van der Waals surface area contributed by atoms with Gasteiger partial charge in [0.15, 0.2) is 0 Å². The minimum atomic E-state index is -1.63. The van der Waals surface area contributed by atoms with Crippen molar-refractivity contribution in [3.8, 4) is 10.4 Å². The monoisotopic (exact) mass is 545 g/mol. The quantitative estimate of drug-likeness (QED) is 0.290. The fourth-order valence-electron chi connectivity index (χ4n) is 4.03. The van der Waals surface area contributed by atoms with Gasteiger partial charge < -0.3 is 5.11 Å². The van der Waals surface area contributed by atoms with E-state index in [1.54, 1.807) is 37.3 Å². The second-order valence-electron chi connectivity index (χ2n) is 8.11. The van der Waals surface area contributed by atoms with Gasteiger partial charge in [-0.3, -0.25) is 9.36 Å². The van der Waals surface area contributed by atoms with E-state index in [-0.39, 0.29) is 17.1 Å². The second-order valence-corrected chi connectivity index (χ2v) is 10.4. The largest absolute Gasteiger partial charge is 0.381 e. The van der Waals surface area contributed by atoms with E-state index in [1.807, 2.05) is 18.2 Å². The van der Waals surface area contributed by atoms with Gasteiger partial charge in [0, 0.05) is 25.5 Å². The van der Waals surface area contributed by atoms with Crippen LogP contribution in [0, 0.1) is 0 Å². The zero-order chi connectivity index (χ0) is 24.7. The number of hydrogen-bond donors (Lipinski definition) is 1. The Morgan fingerprint density at radius 1 is 1.06 bits per heavy atom. The molecule has 0 saturated heterocycles. The number of rotatable bonds is 6. The van der Waals surface area contributed by atoms with Crippen molar-refractivity contribution in [2.24, 2.45) is 0 Å². The fraction of sp³-hybridized carbons (Fsp3) is 0.167. The maximum absolute atomic E-state index is 13.6. The van der Waals surface area contributed by atoms with E-state index < -0.39 is 11.6 Å². The van der Waals surface area contributed by atoms with Gasteiger partial charge in [0.1, 0.15) is 23.0 Å². The second kappa shape index (κ2) is 9.37. The van der Waals surface area contributed by atoms with E-state index in [2.05, 4.69) is 15.1 Å². The highest BCUT2D eigenvalue weighted by Gasteiger charge is 2.40. The summed E-state index contributed by atoms with van der Waals surface area (Å²) in [5, 5.41) is 17.5. The first kappa shape index (κ1) is 24.0. The van der Waals surface area contributed by atoms with Crippen LogP contribution in [0.3, 0.4) is 0 Å². The van der Waals surface area contributed by atoms with Crippen LogP contribution in [0.1, 0.15) is 18.5 Å². The van der Waals surface area contributed by atoms with Crippen LogP contribution >= 0.6 is 46.1 Å². The summed E-state index contributed by atoms with van der Waals surface area (Å²) < 4.78 is 3.39. The summed E-state index contributed by atoms with van der Waals surface area (Å²) in [5.41, 5.74) is 0.0244. The third-order valence-corrected chi connectivity index (χ3v) is 7.93. The molecule has 0 aliphatic carbocycles. The van der Waals surface area contributed by atoms with Crippen molar-refractivity contribution in [3.05, 3.63) is 98.5 Å². The summed E-state index contributed by atoms with van der Waals surface area (Å²) in [7, 11) is 0. The molecule has 2 aromatic carbocycles. The van der Waals surface area contributed by atoms with Gasteiger partial charge in [-0.25, -0.2) is 14.6 Å². The molecule has 1 N–H and O–H groups in total. The molecule has 0 radical (unpaired) electrons. The Morgan fingerprint density at radius 2 is 1.80 bits per heavy atom. The first-order chi connectivity index (χ1) is 16.8. The van der Waals surface area contributed by atoms with E-state index in [9.17, 15) is 9.90 Å². The summed E-state index contributed by atoms with van der Waals surface area (Å²) >= 11 is 19.9.